The Hall–Kier alpha value is -3.42. The molecule has 0 unspecified atom stereocenters. The van der Waals surface area contributed by atoms with Gasteiger partial charge in [0.15, 0.2) is 0 Å². The van der Waals surface area contributed by atoms with E-state index >= 15 is 0 Å². The molecular weight excluding hydrogens is 362 g/mol. The second-order valence-electron chi connectivity index (χ2n) is 6.47. The van der Waals surface area contributed by atoms with Crippen LogP contribution in [0.2, 0.25) is 0 Å². The SMILES string of the molecule is O=C(CCOc1ccc([N+](=O)[O-])cc1)Nc1ccc(C(=O)N2CCCC2)cc1. The fourth-order valence-electron chi connectivity index (χ4n) is 2.95. The molecule has 1 aliphatic rings. The van der Waals surface area contributed by atoms with Gasteiger partial charge in [-0.15, -0.1) is 0 Å². The largest absolute Gasteiger partial charge is 0.493 e. The van der Waals surface area contributed by atoms with E-state index in [2.05, 4.69) is 5.32 Å². The van der Waals surface area contributed by atoms with E-state index in [9.17, 15) is 19.7 Å². The molecule has 0 radical (unpaired) electrons. The molecule has 0 saturated carbocycles. The lowest BCUT2D eigenvalue weighted by Gasteiger charge is -2.15. The van der Waals surface area contributed by atoms with E-state index in [1.165, 1.54) is 24.3 Å². The molecule has 1 N–H and O–H groups in total. The normalized spacial score (nSPS) is 13.2. The number of rotatable bonds is 7. The Morgan fingerprint density at radius 2 is 1.68 bits per heavy atom. The number of amides is 2. The van der Waals surface area contributed by atoms with Crippen LogP contribution in [0, 0.1) is 10.1 Å². The van der Waals surface area contributed by atoms with Crippen LogP contribution < -0.4 is 10.1 Å². The summed E-state index contributed by atoms with van der Waals surface area (Å²) in [4.78, 5) is 36.3. The molecule has 0 bridgehead atoms. The number of anilines is 1. The Bertz CT molecular complexity index is 843. The van der Waals surface area contributed by atoms with Gasteiger partial charge in [-0.2, -0.15) is 0 Å². The van der Waals surface area contributed by atoms with Crippen molar-refractivity contribution in [2.75, 3.05) is 25.0 Å². The van der Waals surface area contributed by atoms with Gasteiger partial charge in [0, 0.05) is 36.5 Å². The highest BCUT2D eigenvalue weighted by atomic mass is 16.6. The summed E-state index contributed by atoms with van der Waals surface area (Å²) < 4.78 is 5.42. The number of carbonyl (C=O) groups excluding carboxylic acids is 2. The molecular formula is C20H21N3O5. The highest BCUT2D eigenvalue weighted by Gasteiger charge is 2.19. The number of hydrogen-bond acceptors (Lipinski definition) is 5. The zero-order valence-electron chi connectivity index (χ0n) is 15.3. The van der Waals surface area contributed by atoms with E-state index in [1.54, 1.807) is 24.3 Å². The monoisotopic (exact) mass is 383 g/mol. The lowest BCUT2D eigenvalue weighted by Crippen LogP contribution is -2.27. The van der Waals surface area contributed by atoms with Gasteiger partial charge in [-0.25, -0.2) is 0 Å². The first-order valence-electron chi connectivity index (χ1n) is 9.09. The minimum Gasteiger partial charge on any atom is -0.493 e. The van der Waals surface area contributed by atoms with Gasteiger partial charge >= 0.3 is 0 Å². The predicted molar refractivity (Wildman–Crippen MR) is 103 cm³/mol. The zero-order chi connectivity index (χ0) is 19.9. The molecule has 1 aliphatic heterocycles. The highest BCUT2D eigenvalue weighted by Crippen LogP contribution is 2.18. The molecule has 0 atom stereocenters. The van der Waals surface area contributed by atoms with Gasteiger partial charge in [-0.3, -0.25) is 19.7 Å². The molecule has 2 amide bonds. The van der Waals surface area contributed by atoms with Gasteiger partial charge in [0.2, 0.25) is 5.91 Å². The third kappa shape index (κ3) is 5.06. The van der Waals surface area contributed by atoms with Crippen LogP contribution in [-0.4, -0.2) is 41.3 Å². The molecule has 0 aromatic heterocycles. The Labute approximate surface area is 162 Å². The van der Waals surface area contributed by atoms with E-state index in [4.69, 9.17) is 4.74 Å². The predicted octanol–water partition coefficient (Wildman–Crippen LogP) is 3.24. The van der Waals surface area contributed by atoms with Crippen LogP contribution in [0.15, 0.2) is 48.5 Å². The van der Waals surface area contributed by atoms with Gasteiger partial charge in [-0.05, 0) is 49.2 Å². The summed E-state index contributed by atoms with van der Waals surface area (Å²) in [6.07, 6.45) is 2.22. The third-order valence-electron chi connectivity index (χ3n) is 4.45. The van der Waals surface area contributed by atoms with Crippen LogP contribution in [0.1, 0.15) is 29.6 Å². The molecule has 1 heterocycles. The summed E-state index contributed by atoms with van der Waals surface area (Å²) >= 11 is 0. The maximum Gasteiger partial charge on any atom is 0.269 e. The average molecular weight is 383 g/mol. The molecule has 3 rings (SSSR count). The Kier molecular flexibility index (Phi) is 6.21. The van der Waals surface area contributed by atoms with Gasteiger partial charge < -0.3 is 15.0 Å². The minimum atomic E-state index is -0.485. The van der Waals surface area contributed by atoms with Crippen molar-refractivity contribution >= 4 is 23.2 Å². The van der Waals surface area contributed by atoms with E-state index in [0.29, 0.717) is 17.0 Å². The number of non-ortho nitro benzene ring substituents is 1. The van der Waals surface area contributed by atoms with Crippen molar-refractivity contribution in [2.24, 2.45) is 0 Å². The maximum absolute atomic E-state index is 12.3. The molecule has 1 fully saturated rings. The van der Waals surface area contributed by atoms with Gasteiger partial charge in [0.05, 0.1) is 18.0 Å². The van der Waals surface area contributed by atoms with Crippen molar-refractivity contribution < 1.29 is 19.2 Å². The van der Waals surface area contributed by atoms with Crippen molar-refractivity contribution in [1.82, 2.24) is 4.90 Å². The van der Waals surface area contributed by atoms with Crippen molar-refractivity contribution in [1.29, 1.82) is 0 Å². The average Bonchev–Trinajstić information content (AvgIpc) is 3.23. The number of hydrogen-bond donors (Lipinski definition) is 1. The minimum absolute atomic E-state index is 0.0169. The molecule has 8 nitrogen and oxygen atoms in total. The number of likely N-dealkylation sites (tertiary alicyclic amines) is 1. The summed E-state index contributed by atoms with van der Waals surface area (Å²) in [6, 6.07) is 12.5. The molecule has 146 valence electrons. The Morgan fingerprint density at radius 3 is 2.29 bits per heavy atom. The molecule has 1 saturated heterocycles. The second kappa shape index (κ2) is 8.98. The lowest BCUT2D eigenvalue weighted by atomic mass is 10.2. The second-order valence-corrected chi connectivity index (χ2v) is 6.47. The zero-order valence-corrected chi connectivity index (χ0v) is 15.3. The summed E-state index contributed by atoms with van der Waals surface area (Å²) in [5.74, 6) is 0.260. The van der Waals surface area contributed by atoms with E-state index < -0.39 is 4.92 Å². The molecule has 0 spiro atoms. The lowest BCUT2D eigenvalue weighted by molar-refractivity contribution is -0.384. The van der Waals surface area contributed by atoms with E-state index in [1.807, 2.05) is 4.90 Å². The number of nitro benzene ring substituents is 1. The molecule has 28 heavy (non-hydrogen) atoms. The quantitative estimate of drug-likeness (QED) is 0.584. The maximum atomic E-state index is 12.3. The number of benzene rings is 2. The smallest absolute Gasteiger partial charge is 0.269 e. The van der Waals surface area contributed by atoms with Crippen molar-refractivity contribution in [3.05, 3.63) is 64.2 Å². The van der Waals surface area contributed by atoms with Gasteiger partial charge in [0.1, 0.15) is 5.75 Å². The fraction of sp³-hybridized carbons (Fsp3) is 0.300. The summed E-state index contributed by atoms with van der Waals surface area (Å²) in [7, 11) is 0. The summed E-state index contributed by atoms with van der Waals surface area (Å²) in [6.45, 7) is 1.74. The Balaban J connectivity index is 1.44. The van der Waals surface area contributed by atoms with E-state index in [-0.39, 0.29) is 30.5 Å². The van der Waals surface area contributed by atoms with Crippen LogP contribution in [0.3, 0.4) is 0 Å². The fourth-order valence-corrected chi connectivity index (χ4v) is 2.95. The van der Waals surface area contributed by atoms with Crippen LogP contribution in [0.25, 0.3) is 0 Å². The number of nitrogens with one attached hydrogen (secondary N) is 1. The highest BCUT2D eigenvalue weighted by molar-refractivity contribution is 5.96. The van der Waals surface area contributed by atoms with E-state index in [0.717, 1.165) is 25.9 Å². The number of ether oxygens (including phenoxy) is 1. The topological polar surface area (TPSA) is 102 Å². The van der Waals surface area contributed by atoms with Crippen LogP contribution in [-0.2, 0) is 4.79 Å². The van der Waals surface area contributed by atoms with Crippen molar-refractivity contribution in [3.63, 3.8) is 0 Å². The van der Waals surface area contributed by atoms with Crippen molar-refractivity contribution in [2.45, 2.75) is 19.3 Å². The molecule has 8 heteroatoms. The van der Waals surface area contributed by atoms with Gasteiger partial charge in [-0.1, -0.05) is 0 Å². The molecule has 0 aliphatic carbocycles. The first kappa shape index (κ1) is 19.3. The van der Waals surface area contributed by atoms with Gasteiger partial charge in [0.25, 0.3) is 11.6 Å². The number of nitro groups is 1. The summed E-state index contributed by atoms with van der Waals surface area (Å²) in [5.41, 5.74) is 1.21. The standard InChI is InChI=1S/C20H21N3O5/c24-19(11-14-28-18-9-7-17(8-10-18)23(26)27)21-16-5-3-15(4-6-16)20(25)22-12-1-2-13-22/h3-10H,1-2,11-14H2,(H,21,24). The number of nitrogens with zero attached hydrogens (tertiary/aromatic N) is 2. The third-order valence-corrected chi connectivity index (χ3v) is 4.45. The first-order valence-corrected chi connectivity index (χ1v) is 9.09. The first-order chi connectivity index (χ1) is 13.5. The van der Waals surface area contributed by atoms with Crippen LogP contribution in [0.4, 0.5) is 11.4 Å². The van der Waals surface area contributed by atoms with Crippen molar-refractivity contribution in [3.8, 4) is 5.75 Å². The Morgan fingerprint density at radius 1 is 1.04 bits per heavy atom. The number of carbonyl (C=O) groups is 2. The van der Waals surface area contributed by atoms with Crippen LogP contribution >= 0.6 is 0 Å². The summed E-state index contributed by atoms with van der Waals surface area (Å²) in [5, 5.41) is 13.4. The molecule has 2 aromatic rings. The van der Waals surface area contributed by atoms with Crippen LogP contribution in [0.5, 0.6) is 5.75 Å². The molecule has 2 aromatic carbocycles.